The monoisotopic (exact) mass is 652 g/mol. The molecule has 0 spiro atoms. The Balaban J connectivity index is 0.000000641. The topological polar surface area (TPSA) is 24.1 Å². The molecular formula is C38H50FeN2P2-6. The second-order valence-electron chi connectivity index (χ2n) is 13.1. The van der Waals surface area contributed by atoms with E-state index in [1.165, 1.54) is 71.9 Å². The molecule has 0 radical (unpaired) electrons. The van der Waals surface area contributed by atoms with Gasteiger partial charge in [-0.2, -0.15) is 0 Å². The third-order valence-corrected chi connectivity index (χ3v) is 10.7. The van der Waals surface area contributed by atoms with E-state index < -0.39 is 0 Å². The molecule has 0 aromatic heterocycles. The van der Waals surface area contributed by atoms with Gasteiger partial charge >= 0.3 is 0 Å². The molecule has 2 saturated heterocycles. The molecule has 4 aromatic carbocycles. The first kappa shape index (κ1) is 34.3. The zero-order valence-electron chi connectivity index (χ0n) is 26.2. The van der Waals surface area contributed by atoms with Crippen molar-refractivity contribution in [2.45, 2.75) is 88.1 Å². The molecule has 4 atom stereocenters. The smallest absolute Gasteiger partial charge is 0.0234 e. The molecule has 6 rings (SSSR count). The fraction of sp³-hybridized carbons (Fsp3) is 0.421. The van der Waals surface area contributed by atoms with Crippen molar-refractivity contribution in [2.75, 3.05) is 13.1 Å². The Morgan fingerprint density at radius 3 is 1.60 bits per heavy atom. The van der Waals surface area contributed by atoms with Crippen LogP contribution in [-0.2, 0) is 33.8 Å². The number of rotatable bonds is 6. The van der Waals surface area contributed by atoms with E-state index in [9.17, 15) is 0 Å². The van der Waals surface area contributed by atoms with Crippen molar-refractivity contribution in [1.82, 2.24) is 10.6 Å². The standard InChI is InChI=1S/C33H45N2P2.C5H5.Fe/c1-32(2,3)31-29(24-16-8-5-9-17-24)28(23-14-6-4-7-15-23)25(22-36)30(31)33(37,26-18-10-12-20-34-26)27-19-11-13-21-35-27;1-2-4-5-3-1;/h4-9,14-17,26-27,34-35H,10-13,18-22,36-37H2,1-3H3;1-5H;/q-1;-5;. The molecule has 236 valence electrons. The van der Waals surface area contributed by atoms with Crippen molar-refractivity contribution in [3.8, 4) is 22.3 Å². The van der Waals surface area contributed by atoms with Crippen LogP contribution in [0.1, 0.15) is 76.0 Å². The molecule has 43 heavy (non-hydrogen) atoms. The SMILES string of the molecule is CC(C)(C)[c-]1c(-c2ccccc2)c(-c2ccccc2)c(CP)c1C(P)(C1CCCCN1)C1CCCCN1.[Fe].[cH-]1[cH-][cH-][cH-][cH-]1. The maximum Gasteiger partial charge on any atom is 0.0234 e. The molecule has 2 N–H and O–H groups in total. The summed E-state index contributed by atoms with van der Waals surface area (Å²) in [6, 6.07) is 33.2. The third kappa shape index (κ3) is 7.47. The molecule has 4 unspecified atom stereocenters. The minimum absolute atomic E-state index is 0. The van der Waals surface area contributed by atoms with Gasteiger partial charge in [-0.1, -0.05) is 112 Å². The molecule has 0 amide bonds. The molecule has 5 heteroatoms. The van der Waals surface area contributed by atoms with Crippen LogP contribution in [0.25, 0.3) is 22.3 Å². The van der Waals surface area contributed by atoms with E-state index in [4.69, 9.17) is 0 Å². The maximum absolute atomic E-state index is 4.03. The first-order valence-electron chi connectivity index (χ1n) is 16.0. The molecule has 2 heterocycles. The second-order valence-corrected chi connectivity index (χ2v) is 14.4. The average Bonchev–Trinajstić information content (AvgIpc) is 3.73. The molecule has 0 aliphatic carbocycles. The van der Waals surface area contributed by atoms with E-state index in [-0.39, 0.29) is 27.6 Å². The molecule has 2 aliphatic heterocycles. The van der Waals surface area contributed by atoms with Gasteiger partial charge in [0.15, 0.2) is 0 Å². The van der Waals surface area contributed by atoms with Gasteiger partial charge in [-0.3, -0.25) is 0 Å². The quantitative estimate of drug-likeness (QED) is 0.123. The van der Waals surface area contributed by atoms with E-state index in [0.717, 1.165) is 19.3 Å². The van der Waals surface area contributed by atoms with Gasteiger partial charge < -0.3 is 41.0 Å². The molecular weight excluding hydrogens is 602 g/mol. The largest absolute Gasteiger partial charge is 0.748 e. The van der Waals surface area contributed by atoms with Gasteiger partial charge in [0.1, 0.15) is 0 Å². The molecule has 2 aliphatic rings. The summed E-state index contributed by atoms with van der Waals surface area (Å²) in [5, 5.41) is 7.97. The molecule has 2 fully saturated rings. The van der Waals surface area contributed by atoms with Crippen LogP contribution >= 0.6 is 18.5 Å². The van der Waals surface area contributed by atoms with Crippen LogP contribution in [0.15, 0.2) is 91.0 Å². The zero-order valence-corrected chi connectivity index (χ0v) is 29.6. The Labute approximate surface area is 276 Å². The summed E-state index contributed by atoms with van der Waals surface area (Å²) in [6.07, 6.45) is 8.58. The second kappa shape index (κ2) is 15.6. The van der Waals surface area contributed by atoms with Crippen LogP contribution in [0.5, 0.6) is 0 Å². The first-order valence-corrected chi connectivity index (χ1v) is 17.4. The average molecular weight is 653 g/mol. The Kier molecular flexibility index (Phi) is 12.5. The summed E-state index contributed by atoms with van der Waals surface area (Å²) < 4.78 is 0. The summed E-state index contributed by atoms with van der Waals surface area (Å²) >= 11 is 0. The minimum Gasteiger partial charge on any atom is -0.748 e. The molecule has 0 bridgehead atoms. The fourth-order valence-electron chi connectivity index (χ4n) is 7.36. The summed E-state index contributed by atoms with van der Waals surface area (Å²) in [5.41, 5.74) is 10.1. The van der Waals surface area contributed by atoms with E-state index >= 15 is 0 Å². The summed E-state index contributed by atoms with van der Waals surface area (Å²) in [7, 11) is 6.61. The Morgan fingerprint density at radius 2 is 1.21 bits per heavy atom. The van der Waals surface area contributed by atoms with Gasteiger partial charge in [0, 0.05) is 34.3 Å². The van der Waals surface area contributed by atoms with E-state index in [1.54, 1.807) is 5.56 Å². The number of nitrogens with one attached hydrogen (secondary N) is 2. The number of piperidine rings is 2. The van der Waals surface area contributed by atoms with E-state index in [0.29, 0.717) is 12.1 Å². The van der Waals surface area contributed by atoms with Crippen LogP contribution in [0.4, 0.5) is 0 Å². The predicted molar refractivity (Wildman–Crippen MR) is 190 cm³/mol. The van der Waals surface area contributed by atoms with E-state index in [2.05, 4.69) is 111 Å². The van der Waals surface area contributed by atoms with Crippen LogP contribution in [0.2, 0.25) is 0 Å². The van der Waals surface area contributed by atoms with Gasteiger partial charge in [0.2, 0.25) is 0 Å². The van der Waals surface area contributed by atoms with Crippen molar-refractivity contribution in [1.29, 1.82) is 0 Å². The van der Waals surface area contributed by atoms with Gasteiger partial charge in [0.25, 0.3) is 0 Å². The number of hydrogen-bond donors (Lipinski definition) is 2. The van der Waals surface area contributed by atoms with Crippen molar-refractivity contribution in [3.05, 3.63) is 108 Å². The van der Waals surface area contributed by atoms with Gasteiger partial charge in [-0.05, 0) is 44.2 Å². The minimum atomic E-state index is -0.0775. The van der Waals surface area contributed by atoms with Crippen LogP contribution < -0.4 is 10.6 Å². The van der Waals surface area contributed by atoms with Gasteiger partial charge in [-0.25, -0.2) is 0 Å². The van der Waals surface area contributed by atoms with Gasteiger partial charge in [-0.15, -0.1) is 46.3 Å². The molecule has 4 aromatic rings. The summed E-state index contributed by atoms with van der Waals surface area (Å²) in [6.45, 7) is 9.51. The van der Waals surface area contributed by atoms with Crippen LogP contribution in [-0.4, -0.2) is 25.2 Å². The molecule has 2 nitrogen and oxygen atoms in total. The van der Waals surface area contributed by atoms with E-state index in [1.807, 2.05) is 30.3 Å². The Morgan fingerprint density at radius 1 is 0.744 bits per heavy atom. The predicted octanol–water partition coefficient (Wildman–Crippen LogP) is 9.17. The summed E-state index contributed by atoms with van der Waals surface area (Å²) in [5.74, 6) is 0. The maximum atomic E-state index is 4.03. The van der Waals surface area contributed by atoms with Crippen LogP contribution in [0.3, 0.4) is 0 Å². The van der Waals surface area contributed by atoms with Crippen LogP contribution in [0, 0.1) is 0 Å². The van der Waals surface area contributed by atoms with Gasteiger partial charge in [0.05, 0.1) is 0 Å². The summed E-state index contributed by atoms with van der Waals surface area (Å²) in [4.78, 5) is 0. The fourth-order valence-corrected chi connectivity index (χ4v) is 8.65. The first-order chi connectivity index (χ1) is 20.4. The Hall–Kier alpha value is -1.56. The third-order valence-electron chi connectivity index (χ3n) is 9.20. The van der Waals surface area contributed by atoms with Crippen molar-refractivity contribution >= 4 is 18.5 Å². The van der Waals surface area contributed by atoms with Crippen molar-refractivity contribution in [2.24, 2.45) is 0 Å². The van der Waals surface area contributed by atoms with Crippen molar-refractivity contribution in [3.63, 3.8) is 0 Å². The van der Waals surface area contributed by atoms with Crippen molar-refractivity contribution < 1.29 is 17.1 Å². The Bertz CT molecular complexity index is 1330. The zero-order chi connectivity index (χ0) is 29.6. The normalized spacial score (nSPS) is 20.3. The number of hydrogen-bond acceptors (Lipinski definition) is 2. The number of benzene rings is 2. The molecule has 0 saturated carbocycles.